The maximum atomic E-state index is 11.9. The van der Waals surface area contributed by atoms with Crippen molar-refractivity contribution in [3.05, 3.63) is 23.9 Å². The smallest absolute Gasteiger partial charge is 0.410 e. The summed E-state index contributed by atoms with van der Waals surface area (Å²) in [7, 11) is 0. The molecule has 1 amide bonds. The standard InChI is InChI=1S/C15H19N3O3/c1-15(2,3)21-14(19)18-7-5-12(10-18)20-13-8-11(9-16)4-6-17-13/h4,6,8,12H,5,7,10H2,1-3H3/t12-/m0/s1. The van der Waals surface area contributed by atoms with Crippen LogP contribution in [-0.2, 0) is 4.74 Å². The fourth-order valence-electron chi connectivity index (χ4n) is 2.03. The molecule has 1 atom stereocenters. The van der Waals surface area contributed by atoms with Gasteiger partial charge in [0.05, 0.1) is 18.2 Å². The second-order valence-electron chi connectivity index (χ2n) is 5.95. The molecule has 1 aliphatic heterocycles. The summed E-state index contributed by atoms with van der Waals surface area (Å²) in [4.78, 5) is 17.6. The van der Waals surface area contributed by atoms with Crippen molar-refractivity contribution in [1.29, 1.82) is 5.26 Å². The van der Waals surface area contributed by atoms with Crippen LogP contribution in [0.1, 0.15) is 32.8 Å². The highest BCUT2D eigenvalue weighted by Crippen LogP contribution is 2.19. The highest BCUT2D eigenvalue weighted by molar-refractivity contribution is 5.68. The van der Waals surface area contributed by atoms with E-state index in [-0.39, 0.29) is 12.2 Å². The maximum absolute atomic E-state index is 11.9. The molecule has 1 fully saturated rings. The van der Waals surface area contributed by atoms with Crippen LogP contribution < -0.4 is 4.74 Å². The van der Waals surface area contributed by atoms with Crippen LogP contribution in [0.3, 0.4) is 0 Å². The van der Waals surface area contributed by atoms with Crippen molar-refractivity contribution in [2.45, 2.75) is 38.9 Å². The van der Waals surface area contributed by atoms with Gasteiger partial charge in [0.15, 0.2) is 0 Å². The minimum absolute atomic E-state index is 0.126. The van der Waals surface area contributed by atoms with E-state index >= 15 is 0 Å². The van der Waals surface area contributed by atoms with E-state index in [1.54, 1.807) is 17.0 Å². The Kier molecular flexibility index (Phi) is 4.32. The Bertz CT molecular complexity index is 560. The van der Waals surface area contributed by atoms with E-state index in [1.165, 1.54) is 6.20 Å². The van der Waals surface area contributed by atoms with E-state index in [2.05, 4.69) is 4.98 Å². The number of rotatable bonds is 2. The average Bonchev–Trinajstić information content (AvgIpc) is 2.85. The lowest BCUT2D eigenvalue weighted by molar-refractivity contribution is 0.0275. The molecule has 1 aromatic rings. The second-order valence-corrected chi connectivity index (χ2v) is 5.95. The van der Waals surface area contributed by atoms with Gasteiger partial charge in [-0.2, -0.15) is 5.26 Å². The molecular formula is C15H19N3O3. The van der Waals surface area contributed by atoms with Crippen molar-refractivity contribution in [1.82, 2.24) is 9.88 Å². The molecule has 112 valence electrons. The maximum Gasteiger partial charge on any atom is 0.410 e. The van der Waals surface area contributed by atoms with Gasteiger partial charge in [-0.15, -0.1) is 0 Å². The van der Waals surface area contributed by atoms with Gasteiger partial charge in [-0.3, -0.25) is 0 Å². The van der Waals surface area contributed by atoms with Gasteiger partial charge in [0, 0.05) is 25.2 Å². The molecule has 0 bridgehead atoms. The molecule has 1 aromatic heterocycles. The van der Waals surface area contributed by atoms with E-state index in [0.29, 0.717) is 24.5 Å². The monoisotopic (exact) mass is 289 g/mol. The summed E-state index contributed by atoms with van der Waals surface area (Å²) in [6, 6.07) is 5.25. The highest BCUT2D eigenvalue weighted by Gasteiger charge is 2.31. The first-order chi connectivity index (χ1) is 9.87. The normalized spacial score (nSPS) is 18.2. The first kappa shape index (κ1) is 15.1. The Morgan fingerprint density at radius 2 is 2.29 bits per heavy atom. The number of nitrogens with zero attached hydrogens (tertiary/aromatic N) is 3. The number of pyridine rings is 1. The van der Waals surface area contributed by atoms with Gasteiger partial charge < -0.3 is 14.4 Å². The molecule has 0 saturated carbocycles. The SMILES string of the molecule is CC(C)(C)OC(=O)N1CC[C@H](Oc2cc(C#N)ccn2)C1. The zero-order valence-corrected chi connectivity index (χ0v) is 12.5. The molecule has 1 aliphatic rings. The highest BCUT2D eigenvalue weighted by atomic mass is 16.6. The van der Waals surface area contributed by atoms with Crippen molar-refractivity contribution >= 4 is 6.09 Å². The van der Waals surface area contributed by atoms with Crippen LogP contribution in [-0.4, -0.2) is 40.8 Å². The third-order valence-electron chi connectivity index (χ3n) is 2.95. The van der Waals surface area contributed by atoms with Crippen LogP contribution in [0.4, 0.5) is 4.79 Å². The third-order valence-corrected chi connectivity index (χ3v) is 2.95. The van der Waals surface area contributed by atoms with Gasteiger partial charge in [-0.1, -0.05) is 0 Å². The van der Waals surface area contributed by atoms with Crippen molar-refractivity contribution in [2.24, 2.45) is 0 Å². The van der Waals surface area contributed by atoms with Crippen LogP contribution >= 0.6 is 0 Å². The summed E-state index contributed by atoms with van der Waals surface area (Å²) in [5, 5.41) is 8.84. The summed E-state index contributed by atoms with van der Waals surface area (Å²) in [6.45, 7) is 6.58. The van der Waals surface area contributed by atoms with Gasteiger partial charge >= 0.3 is 6.09 Å². The summed E-state index contributed by atoms with van der Waals surface area (Å²) in [6.07, 6.45) is 1.80. The number of hydrogen-bond acceptors (Lipinski definition) is 5. The van der Waals surface area contributed by atoms with E-state index < -0.39 is 5.60 Å². The van der Waals surface area contributed by atoms with Crippen molar-refractivity contribution in [3.8, 4) is 11.9 Å². The quantitative estimate of drug-likeness (QED) is 0.835. The Hall–Kier alpha value is -2.29. The average molecular weight is 289 g/mol. The Morgan fingerprint density at radius 1 is 1.52 bits per heavy atom. The molecule has 0 N–H and O–H groups in total. The Balaban J connectivity index is 1.91. The van der Waals surface area contributed by atoms with E-state index in [4.69, 9.17) is 14.7 Å². The van der Waals surface area contributed by atoms with Gasteiger partial charge in [0.1, 0.15) is 11.7 Å². The number of nitriles is 1. The number of hydrogen-bond donors (Lipinski definition) is 0. The van der Waals surface area contributed by atoms with E-state index in [9.17, 15) is 4.79 Å². The van der Waals surface area contributed by atoms with Crippen LogP contribution in [0.2, 0.25) is 0 Å². The predicted molar refractivity (Wildman–Crippen MR) is 75.8 cm³/mol. The van der Waals surface area contributed by atoms with E-state index in [0.717, 1.165) is 6.42 Å². The summed E-state index contributed by atoms with van der Waals surface area (Å²) >= 11 is 0. The molecule has 0 radical (unpaired) electrons. The first-order valence-corrected chi connectivity index (χ1v) is 6.88. The second kappa shape index (κ2) is 6.00. The topological polar surface area (TPSA) is 75.4 Å². The molecule has 21 heavy (non-hydrogen) atoms. The number of likely N-dealkylation sites (tertiary alicyclic amines) is 1. The van der Waals surface area contributed by atoms with Crippen molar-refractivity contribution in [3.63, 3.8) is 0 Å². The molecule has 6 nitrogen and oxygen atoms in total. The molecule has 6 heteroatoms. The lowest BCUT2D eigenvalue weighted by Gasteiger charge is -2.24. The molecule has 0 spiro atoms. The molecule has 1 saturated heterocycles. The first-order valence-electron chi connectivity index (χ1n) is 6.88. The summed E-state index contributed by atoms with van der Waals surface area (Å²) in [5.74, 6) is 0.407. The third kappa shape index (κ3) is 4.35. The van der Waals surface area contributed by atoms with Crippen LogP contribution in [0, 0.1) is 11.3 Å². The summed E-state index contributed by atoms with van der Waals surface area (Å²) < 4.78 is 11.0. The van der Waals surface area contributed by atoms with Gasteiger partial charge in [0.2, 0.25) is 5.88 Å². The molecule has 2 heterocycles. The van der Waals surface area contributed by atoms with Gasteiger partial charge in [-0.05, 0) is 26.8 Å². The number of carbonyl (C=O) groups is 1. The number of amides is 1. The molecule has 0 aromatic carbocycles. The van der Waals surface area contributed by atoms with Crippen LogP contribution in [0.5, 0.6) is 5.88 Å². The Labute approximate surface area is 124 Å². The predicted octanol–water partition coefficient (Wildman–Crippen LogP) is 2.34. The molecular weight excluding hydrogens is 270 g/mol. The van der Waals surface area contributed by atoms with Crippen molar-refractivity contribution < 1.29 is 14.3 Å². The molecule has 0 unspecified atom stereocenters. The van der Waals surface area contributed by atoms with Gasteiger partial charge in [-0.25, -0.2) is 9.78 Å². The van der Waals surface area contributed by atoms with Crippen molar-refractivity contribution in [2.75, 3.05) is 13.1 Å². The number of carbonyl (C=O) groups excluding carboxylic acids is 1. The van der Waals surface area contributed by atoms with E-state index in [1.807, 2.05) is 26.8 Å². The zero-order valence-electron chi connectivity index (χ0n) is 12.5. The lowest BCUT2D eigenvalue weighted by Crippen LogP contribution is -2.36. The Morgan fingerprint density at radius 3 is 2.95 bits per heavy atom. The summed E-state index contributed by atoms with van der Waals surface area (Å²) in [5.41, 5.74) is 0.000567. The van der Waals surface area contributed by atoms with Crippen LogP contribution in [0.25, 0.3) is 0 Å². The largest absolute Gasteiger partial charge is 0.472 e. The number of aromatic nitrogens is 1. The lowest BCUT2D eigenvalue weighted by atomic mass is 10.2. The van der Waals surface area contributed by atoms with Crippen LogP contribution in [0.15, 0.2) is 18.3 Å². The molecule has 2 rings (SSSR count). The fraction of sp³-hybridized carbons (Fsp3) is 0.533. The number of ether oxygens (including phenoxy) is 2. The minimum atomic E-state index is -0.501. The molecule has 0 aliphatic carbocycles. The van der Waals surface area contributed by atoms with Gasteiger partial charge in [0.25, 0.3) is 0 Å². The zero-order chi connectivity index (χ0) is 15.5. The minimum Gasteiger partial charge on any atom is -0.472 e. The fourth-order valence-corrected chi connectivity index (χ4v) is 2.03.